The minimum atomic E-state index is -0.197. The first-order valence-electron chi connectivity index (χ1n) is 10.1. The van der Waals surface area contributed by atoms with Crippen molar-refractivity contribution in [1.82, 2.24) is 29.7 Å². The summed E-state index contributed by atoms with van der Waals surface area (Å²) >= 11 is 0. The van der Waals surface area contributed by atoms with Crippen molar-refractivity contribution in [2.75, 3.05) is 0 Å². The van der Waals surface area contributed by atoms with Crippen LogP contribution in [-0.2, 0) is 0 Å². The van der Waals surface area contributed by atoms with E-state index in [0.29, 0.717) is 11.7 Å². The van der Waals surface area contributed by atoms with Gasteiger partial charge in [-0.3, -0.25) is 4.57 Å². The fraction of sp³-hybridized carbons (Fsp3) is 0.273. The van der Waals surface area contributed by atoms with Crippen LogP contribution in [0.15, 0.2) is 58.2 Å². The van der Waals surface area contributed by atoms with Crippen LogP contribution in [0.4, 0.5) is 0 Å². The highest BCUT2D eigenvalue weighted by Crippen LogP contribution is 2.28. The summed E-state index contributed by atoms with van der Waals surface area (Å²) in [4.78, 5) is 28.2. The zero-order valence-electron chi connectivity index (χ0n) is 16.8. The first kappa shape index (κ1) is 18.4. The number of nitrogens with zero attached hydrogens (tertiary/aromatic N) is 4. The predicted molar refractivity (Wildman–Crippen MR) is 114 cm³/mol. The van der Waals surface area contributed by atoms with E-state index in [1.54, 1.807) is 0 Å². The molecule has 1 atom stereocenters. The molecule has 152 valence electrons. The number of hydrogen-bond acceptors (Lipinski definition) is 5. The number of fused-ring (bicyclic) bond motifs is 2. The van der Waals surface area contributed by atoms with Crippen LogP contribution in [0.5, 0.6) is 0 Å². The minimum Gasteiger partial charge on any atom is -0.342 e. The van der Waals surface area contributed by atoms with Crippen molar-refractivity contribution in [2.45, 2.75) is 32.7 Å². The molecule has 3 aromatic heterocycles. The van der Waals surface area contributed by atoms with Crippen LogP contribution in [0.3, 0.4) is 0 Å². The van der Waals surface area contributed by atoms with E-state index in [-0.39, 0.29) is 11.7 Å². The summed E-state index contributed by atoms with van der Waals surface area (Å²) in [5.74, 6) is 1.80. The van der Waals surface area contributed by atoms with E-state index >= 15 is 0 Å². The second-order valence-corrected chi connectivity index (χ2v) is 7.91. The average molecular weight is 402 g/mol. The second-order valence-electron chi connectivity index (χ2n) is 7.91. The lowest BCUT2D eigenvalue weighted by Crippen LogP contribution is -2.24. The van der Waals surface area contributed by atoms with Gasteiger partial charge in [-0.15, -0.1) is 0 Å². The van der Waals surface area contributed by atoms with Gasteiger partial charge in [0.25, 0.3) is 0 Å². The number of H-pyrrole nitrogens is 2. The molecule has 2 aromatic carbocycles. The highest BCUT2D eigenvalue weighted by Gasteiger charge is 2.23. The third-order valence-electron chi connectivity index (χ3n) is 5.39. The largest absolute Gasteiger partial charge is 0.342 e. The molecule has 2 N–H and O–H groups in total. The van der Waals surface area contributed by atoms with Gasteiger partial charge in [-0.25, -0.2) is 9.78 Å². The average Bonchev–Trinajstić information content (AvgIpc) is 3.46. The van der Waals surface area contributed by atoms with Crippen molar-refractivity contribution in [2.24, 2.45) is 5.92 Å². The van der Waals surface area contributed by atoms with E-state index in [0.717, 1.165) is 46.3 Å². The topological polar surface area (TPSA) is 105 Å². The van der Waals surface area contributed by atoms with Gasteiger partial charge in [0.2, 0.25) is 12.2 Å². The maximum Gasteiger partial charge on any atom is 0.327 e. The zero-order valence-corrected chi connectivity index (χ0v) is 16.8. The SMILES string of the molecule is CC(C)CCC(c1nc2cc(-c3ncon3)ccc2[nH]1)n1c(=O)[nH]c2ccccc21. The molecule has 0 radical (unpaired) electrons. The van der Waals surface area contributed by atoms with E-state index in [4.69, 9.17) is 9.51 Å². The standard InChI is InChI=1S/C22H22N6O2/c1-13(2)7-10-19(28-18-6-4-3-5-16(18)26-22(28)29)21-24-15-9-8-14(11-17(15)25-21)20-23-12-30-27-20/h3-6,8-9,11-13,19H,7,10H2,1-2H3,(H,24,25)(H,26,29). The third kappa shape index (κ3) is 3.20. The lowest BCUT2D eigenvalue weighted by atomic mass is 10.0. The highest BCUT2D eigenvalue weighted by atomic mass is 16.5. The number of para-hydroxylation sites is 2. The fourth-order valence-corrected chi connectivity index (χ4v) is 3.88. The van der Waals surface area contributed by atoms with Crippen LogP contribution in [0.1, 0.15) is 38.6 Å². The molecule has 5 aromatic rings. The van der Waals surface area contributed by atoms with Gasteiger partial charge in [0.15, 0.2) is 0 Å². The Balaban J connectivity index is 1.63. The van der Waals surface area contributed by atoms with Crippen molar-refractivity contribution < 1.29 is 4.52 Å². The molecule has 3 heterocycles. The number of rotatable bonds is 6. The van der Waals surface area contributed by atoms with Crippen LogP contribution in [0, 0.1) is 5.92 Å². The van der Waals surface area contributed by atoms with Crippen molar-refractivity contribution in [1.29, 1.82) is 0 Å². The highest BCUT2D eigenvalue weighted by molar-refractivity contribution is 5.80. The number of imidazole rings is 2. The molecule has 0 spiro atoms. The lowest BCUT2D eigenvalue weighted by molar-refractivity contribution is 0.419. The molecule has 8 nitrogen and oxygen atoms in total. The molecule has 1 unspecified atom stereocenters. The number of benzene rings is 2. The van der Waals surface area contributed by atoms with E-state index in [1.807, 2.05) is 47.0 Å². The van der Waals surface area contributed by atoms with Crippen LogP contribution in [0.2, 0.25) is 0 Å². The molecule has 0 amide bonds. The molecule has 0 bridgehead atoms. The fourth-order valence-electron chi connectivity index (χ4n) is 3.88. The Morgan fingerprint density at radius 1 is 1.07 bits per heavy atom. The monoisotopic (exact) mass is 402 g/mol. The van der Waals surface area contributed by atoms with Crippen molar-refractivity contribution in [3.05, 3.63) is 65.2 Å². The van der Waals surface area contributed by atoms with Crippen LogP contribution in [-0.4, -0.2) is 29.7 Å². The Bertz CT molecular complexity index is 1360. The molecule has 0 aliphatic rings. The Kier molecular flexibility index (Phi) is 4.46. The van der Waals surface area contributed by atoms with Crippen molar-refractivity contribution in [3.63, 3.8) is 0 Å². The smallest absolute Gasteiger partial charge is 0.327 e. The molecule has 0 aliphatic heterocycles. The van der Waals surface area contributed by atoms with Gasteiger partial charge in [0.05, 0.1) is 28.1 Å². The Morgan fingerprint density at radius 2 is 1.93 bits per heavy atom. The van der Waals surface area contributed by atoms with E-state index in [1.165, 1.54) is 6.39 Å². The summed E-state index contributed by atoms with van der Waals surface area (Å²) in [5.41, 5.74) is 4.11. The molecular weight excluding hydrogens is 380 g/mol. The number of nitrogens with one attached hydrogen (secondary N) is 2. The predicted octanol–water partition coefficient (Wildman–Crippen LogP) is 4.28. The lowest BCUT2D eigenvalue weighted by Gasteiger charge is -2.18. The third-order valence-corrected chi connectivity index (χ3v) is 5.39. The van der Waals surface area contributed by atoms with Gasteiger partial charge in [-0.1, -0.05) is 31.1 Å². The maximum atomic E-state index is 12.9. The first-order chi connectivity index (χ1) is 14.6. The molecule has 0 aliphatic carbocycles. The molecule has 0 fully saturated rings. The Hall–Kier alpha value is -3.68. The van der Waals surface area contributed by atoms with E-state index in [9.17, 15) is 4.79 Å². The van der Waals surface area contributed by atoms with E-state index in [2.05, 4.69) is 34.0 Å². The summed E-state index contributed by atoms with van der Waals surface area (Å²) in [6, 6.07) is 13.4. The number of hydrogen-bond donors (Lipinski definition) is 2. The summed E-state index contributed by atoms with van der Waals surface area (Å²) in [6.45, 7) is 4.37. The van der Waals surface area contributed by atoms with Crippen LogP contribution in [0.25, 0.3) is 33.5 Å². The van der Waals surface area contributed by atoms with Gasteiger partial charge in [0.1, 0.15) is 5.82 Å². The molecule has 0 saturated carbocycles. The molecule has 0 saturated heterocycles. The maximum absolute atomic E-state index is 12.9. The molecule has 5 rings (SSSR count). The van der Waals surface area contributed by atoms with Gasteiger partial charge < -0.3 is 14.5 Å². The van der Waals surface area contributed by atoms with Gasteiger partial charge >= 0.3 is 5.69 Å². The molecule has 30 heavy (non-hydrogen) atoms. The van der Waals surface area contributed by atoms with E-state index < -0.39 is 0 Å². The second kappa shape index (κ2) is 7.29. The van der Waals surface area contributed by atoms with Crippen LogP contribution < -0.4 is 5.69 Å². The molecular formula is C22H22N6O2. The quantitative estimate of drug-likeness (QED) is 0.441. The summed E-state index contributed by atoms with van der Waals surface area (Å²) in [7, 11) is 0. The van der Waals surface area contributed by atoms with Crippen molar-refractivity contribution in [3.8, 4) is 11.4 Å². The summed E-state index contributed by atoms with van der Waals surface area (Å²) in [6.07, 6.45) is 3.08. The number of aromatic nitrogens is 6. The molecule has 8 heteroatoms. The summed E-state index contributed by atoms with van der Waals surface area (Å²) < 4.78 is 6.67. The van der Waals surface area contributed by atoms with Gasteiger partial charge in [-0.05, 0) is 49.1 Å². The Labute approximate surface area is 172 Å². The normalized spacial score (nSPS) is 12.9. The minimum absolute atomic E-state index is 0.127. The number of aromatic amines is 2. The first-order valence-corrected chi connectivity index (χ1v) is 10.1. The van der Waals surface area contributed by atoms with Crippen molar-refractivity contribution >= 4 is 22.1 Å². The Morgan fingerprint density at radius 3 is 2.73 bits per heavy atom. The summed E-state index contributed by atoms with van der Waals surface area (Å²) in [5, 5.41) is 3.90. The van der Waals surface area contributed by atoms with Gasteiger partial charge in [-0.2, -0.15) is 4.98 Å². The van der Waals surface area contributed by atoms with Crippen LogP contribution >= 0.6 is 0 Å². The van der Waals surface area contributed by atoms with Gasteiger partial charge in [0, 0.05) is 5.56 Å². The zero-order chi connectivity index (χ0) is 20.7.